The highest BCUT2D eigenvalue weighted by Crippen LogP contribution is 2.26. The largest absolute Gasteiger partial charge is 0.377 e. The van der Waals surface area contributed by atoms with Gasteiger partial charge in [0.1, 0.15) is 17.6 Å². The normalized spacial score (nSPS) is 16.4. The standard InChI is InChI=1S/C12H18ClN3O/c1-16(9-5-3-4-6-9)12-7-10(13)14-11(15-12)8-17-2/h7,9H,3-6,8H2,1-2H3. The number of ether oxygens (including phenoxy) is 1. The molecule has 4 nitrogen and oxygen atoms in total. The highest BCUT2D eigenvalue weighted by Gasteiger charge is 2.21. The first-order valence-electron chi connectivity index (χ1n) is 5.96. The molecule has 0 bridgehead atoms. The van der Waals surface area contributed by atoms with E-state index in [4.69, 9.17) is 16.3 Å². The van der Waals surface area contributed by atoms with Crippen LogP contribution in [0.1, 0.15) is 31.5 Å². The minimum absolute atomic E-state index is 0.395. The molecule has 1 fully saturated rings. The summed E-state index contributed by atoms with van der Waals surface area (Å²) in [4.78, 5) is 10.8. The van der Waals surface area contributed by atoms with Gasteiger partial charge in [0.25, 0.3) is 0 Å². The molecule has 2 rings (SSSR count). The van der Waals surface area contributed by atoms with Crippen LogP contribution in [0.15, 0.2) is 6.07 Å². The van der Waals surface area contributed by atoms with Gasteiger partial charge in [-0.25, -0.2) is 9.97 Å². The van der Waals surface area contributed by atoms with Crippen molar-refractivity contribution in [2.24, 2.45) is 0 Å². The Morgan fingerprint density at radius 1 is 1.41 bits per heavy atom. The van der Waals surface area contributed by atoms with E-state index in [2.05, 4.69) is 21.9 Å². The van der Waals surface area contributed by atoms with Crippen molar-refractivity contribution in [2.45, 2.75) is 38.3 Å². The maximum absolute atomic E-state index is 6.00. The molecule has 1 aliphatic rings. The van der Waals surface area contributed by atoms with Gasteiger partial charge in [-0.3, -0.25) is 0 Å². The summed E-state index contributed by atoms with van der Waals surface area (Å²) in [5, 5.41) is 0.479. The lowest BCUT2D eigenvalue weighted by Gasteiger charge is -2.25. The summed E-state index contributed by atoms with van der Waals surface area (Å²) in [5.41, 5.74) is 0. The fourth-order valence-corrected chi connectivity index (χ4v) is 2.50. The second-order valence-electron chi connectivity index (χ2n) is 4.45. The van der Waals surface area contributed by atoms with E-state index in [9.17, 15) is 0 Å². The minimum Gasteiger partial charge on any atom is -0.377 e. The fourth-order valence-electron chi connectivity index (χ4n) is 2.30. The molecule has 0 aromatic carbocycles. The van der Waals surface area contributed by atoms with Crippen molar-refractivity contribution in [1.29, 1.82) is 0 Å². The number of rotatable bonds is 4. The van der Waals surface area contributed by atoms with Crippen LogP contribution in [0, 0.1) is 0 Å². The van der Waals surface area contributed by atoms with E-state index >= 15 is 0 Å². The predicted octanol–water partition coefficient (Wildman–Crippen LogP) is 2.66. The molecule has 17 heavy (non-hydrogen) atoms. The van der Waals surface area contributed by atoms with Crippen molar-refractivity contribution in [2.75, 3.05) is 19.1 Å². The molecule has 0 spiro atoms. The number of hydrogen-bond donors (Lipinski definition) is 0. The van der Waals surface area contributed by atoms with E-state index in [1.165, 1.54) is 25.7 Å². The second kappa shape index (κ2) is 5.65. The Bertz CT molecular complexity index is 380. The van der Waals surface area contributed by atoms with E-state index in [0.717, 1.165) is 5.82 Å². The Hall–Kier alpha value is -0.870. The molecular formula is C12H18ClN3O. The summed E-state index contributed by atoms with van der Waals surface area (Å²) in [7, 11) is 3.70. The number of anilines is 1. The van der Waals surface area contributed by atoms with Crippen molar-refractivity contribution >= 4 is 17.4 Å². The number of halogens is 1. The first-order valence-corrected chi connectivity index (χ1v) is 6.33. The third kappa shape index (κ3) is 3.07. The molecule has 0 aliphatic heterocycles. The Kier molecular flexibility index (Phi) is 4.18. The Morgan fingerprint density at radius 2 is 2.12 bits per heavy atom. The van der Waals surface area contributed by atoms with Crippen molar-refractivity contribution in [3.05, 3.63) is 17.0 Å². The minimum atomic E-state index is 0.395. The van der Waals surface area contributed by atoms with E-state index in [1.807, 2.05) is 6.07 Å². The lowest BCUT2D eigenvalue weighted by Crippen LogP contribution is -2.29. The average Bonchev–Trinajstić information content (AvgIpc) is 2.81. The third-order valence-corrected chi connectivity index (χ3v) is 3.43. The van der Waals surface area contributed by atoms with E-state index in [1.54, 1.807) is 7.11 Å². The summed E-state index contributed by atoms with van der Waals surface area (Å²) >= 11 is 6.00. The molecule has 1 aromatic heterocycles. The second-order valence-corrected chi connectivity index (χ2v) is 4.83. The van der Waals surface area contributed by atoms with Crippen LogP contribution < -0.4 is 4.90 Å². The molecule has 1 saturated carbocycles. The number of hydrogen-bond acceptors (Lipinski definition) is 4. The molecule has 5 heteroatoms. The SMILES string of the molecule is COCc1nc(Cl)cc(N(C)C2CCCC2)n1. The first-order chi connectivity index (χ1) is 8.20. The van der Waals surface area contributed by atoms with E-state index in [-0.39, 0.29) is 0 Å². The van der Waals surface area contributed by atoms with Crippen molar-refractivity contribution in [3.63, 3.8) is 0 Å². The van der Waals surface area contributed by atoms with Crippen LogP contribution in [0.2, 0.25) is 5.15 Å². The molecular weight excluding hydrogens is 238 g/mol. The quantitative estimate of drug-likeness (QED) is 0.776. The van der Waals surface area contributed by atoms with Gasteiger partial charge in [-0.2, -0.15) is 0 Å². The highest BCUT2D eigenvalue weighted by molar-refractivity contribution is 6.29. The zero-order valence-corrected chi connectivity index (χ0v) is 11.1. The van der Waals surface area contributed by atoms with Gasteiger partial charge in [-0.1, -0.05) is 24.4 Å². The number of aromatic nitrogens is 2. The van der Waals surface area contributed by atoms with Crippen LogP contribution in [-0.2, 0) is 11.3 Å². The van der Waals surface area contributed by atoms with Crippen LogP contribution in [-0.4, -0.2) is 30.2 Å². The molecule has 1 aromatic rings. The van der Waals surface area contributed by atoms with Crippen LogP contribution in [0.4, 0.5) is 5.82 Å². The summed E-state index contributed by atoms with van der Waals surface area (Å²) in [6, 6.07) is 2.40. The Balaban J connectivity index is 2.18. The Morgan fingerprint density at radius 3 is 2.76 bits per heavy atom. The van der Waals surface area contributed by atoms with Crippen LogP contribution in [0.5, 0.6) is 0 Å². The van der Waals surface area contributed by atoms with Gasteiger partial charge in [0.15, 0.2) is 5.82 Å². The summed E-state index contributed by atoms with van der Waals surface area (Å²) in [6.07, 6.45) is 5.08. The molecule has 1 aliphatic carbocycles. The average molecular weight is 256 g/mol. The van der Waals surface area contributed by atoms with Gasteiger partial charge < -0.3 is 9.64 Å². The third-order valence-electron chi connectivity index (χ3n) is 3.23. The lowest BCUT2D eigenvalue weighted by molar-refractivity contribution is 0.178. The van der Waals surface area contributed by atoms with Gasteiger partial charge in [0.2, 0.25) is 0 Å². The van der Waals surface area contributed by atoms with Crippen molar-refractivity contribution < 1.29 is 4.74 Å². The highest BCUT2D eigenvalue weighted by atomic mass is 35.5. The molecule has 94 valence electrons. The van der Waals surface area contributed by atoms with Gasteiger partial charge in [0.05, 0.1) is 0 Å². The molecule has 0 radical (unpaired) electrons. The van der Waals surface area contributed by atoms with Crippen LogP contribution in [0.25, 0.3) is 0 Å². The predicted molar refractivity (Wildman–Crippen MR) is 68.4 cm³/mol. The van der Waals surface area contributed by atoms with Gasteiger partial charge in [-0.15, -0.1) is 0 Å². The summed E-state index contributed by atoms with van der Waals surface area (Å²) in [5.74, 6) is 1.53. The van der Waals surface area contributed by atoms with Crippen LogP contribution >= 0.6 is 11.6 Å². The monoisotopic (exact) mass is 255 g/mol. The first kappa shape index (κ1) is 12.6. The van der Waals surface area contributed by atoms with Crippen molar-refractivity contribution in [3.8, 4) is 0 Å². The molecule has 0 unspecified atom stereocenters. The maximum Gasteiger partial charge on any atom is 0.158 e. The molecule has 1 heterocycles. The van der Waals surface area contributed by atoms with E-state index in [0.29, 0.717) is 23.6 Å². The topological polar surface area (TPSA) is 38.2 Å². The molecule has 0 N–H and O–H groups in total. The maximum atomic E-state index is 6.00. The van der Waals surface area contributed by atoms with Crippen LogP contribution in [0.3, 0.4) is 0 Å². The van der Waals surface area contributed by atoms with Gasteiger partial charge in [-0.05, 0) is 12.8 Å². The van der Waals surface area contributed by atoms with Gasteiger partial charge in [0, 0.05) is 26.3 Å². The summed E-state index contributed by atoms with van der Waals surface area (Å²) < 4.78 is 5.04. The molecule has 0 saturated heterocycles. The van der Waals surface area contributed by atoms with Crippen molar-refractivity contribution in [1.82, 2.24) is 9.97 Å². The van der Waals surface area contributed by atoms with E-state index < -0.39 is 0 Å². The number of methoxy groups -OCH3 is 1. The zero-order chi connectivity index (χ0) is 12.3. The summed E-state index contributed by atoms with van der Waals surface area (Å²) in [6.45, 7) is 0.395. The lowest BCUT2D eigenvalue weighted by atomic mass is 10.2. The zero-order valence-electron chi connectivity index (χ0n) is 10.3. The number of nitrogens with zero attached hydrogens (tertiary/aromatic N) is 3. The molecule has 0 amide bonds. The smallest absolute Gasteiger partial charge is 0.158 e. The van der Waals surface area contributed by atoms with Gasteiger partial charge >= 0.3 is 0 Å². The Labute approximate surface area is 107 Å². The fraction of sp³-hybridized carbons (Fsp3) is 0.667. The molecule has 0 atom stereocenters.